The van der Waals surface area contributed by atoms with Gasteiger partial charge >= 0.3 is 0 Å². The van der Waals surface area contributed by atoms with E-state index in [1.807, 2.05) is 19.1 Å². The summed E-state index contributed by atoms with van der Waals surface area (Å²) in [5.41, 5.74) is 2.09. The Morgan fingerprint density at radius 2 is 1.97 bits per heavy atom. The van der Waals surface area contributed by atoms with E-state index in [0.29, 0.717) is 16.9 Å². The van der Waals surface area contributed by atoms with Crippen LogP contribution in [-0.4, -0.2) is 26.7 Å². The molecule has 2 aromatic rings. The molecule has 2 atom stereocenters. The third-order valence-electron chi connectivity index (χ3n) is 5.67. The summed E-state index contributed by atoms with van der Waals surface area (Å²) in [7, 11) is 0. The number of Topliss-reactive ketones (excluding diaryl/α,β-unsaturated/α-hetero) is 1. The maximum absolute atomic E-state index is 12.7. The molecule has 6 heteroatoms. The van der Waals surface area contributed by atoms with Crippen LogP contribution in [0.2, 0.25) is 0 Å². The molecule has 2 heterocycles. The van der Waals surface area contributed by atoms with Gasteiger partial charge in [-0.1, -0.05) is 23.8 Å². The van der Waals surface area contributed by atoms with Crippen LogP contribution < -0.4 is 9.47 Å². The molecule has 0 spiro atoms. The third-order valence-corrected chi connectivity index (χ3v) is 5.67. The van der Waals surface area contributed by atoms with Gasteiger partial charge in [-0.3, -0.25) is 4.79 Å². The molecular formula is C25H26O6. The monoisotopic (exact) mass is 422 g/mol. The lowest BCUT2D eigenvalue weighted by Crippen LogP contribution is -2.32. The van der Waals surface area contributed by atoms with Gasteiger partial charge in [0.25, 0.3) is 0 Å². The second-order valence-corrected chi connectivity index (χ2v) is 8.56. The van der Waals surface area contributed by atoms with Gasteiger partial charge in [-0.05, 0) is 45.8 Å². The molecule has 0 saturated heterocycles. The zero-order valence-corrected chi connectivity index (χ0v) is 17.8. The van der Waals surface area contributed by atoms with Gasteiger partial charge in [0.05, 0.1) is 6.42 Å². The first-order valence-electron chi connectivity index (χ1n) is 10.3. The van der Waals surface area contributed by atoms with Crippen molar-refractivity contribution in [1.82, 2.24) is 0 Å². The number of hydrogen-bond donors (Lipinski definition) is 3. The van der Waals surface area contributed by atoms with E-state index in [2.05, 4.69) is 19.9 Å². The Morgan fingerprint density at radius 3 is 2.71 bits per heavy atom. The molecule has 0 aromatic heterocycles. The number of carbonyl (C=O) groups is 1. The SMILES string of the molecule is CC(C)=CCC[C@]1(C)C=Cc2c([C@@H]3CC(=O)c4c(O)cc(O)cc4O3)ccc(O)c2O1. The van der Waals surface area contributed by atoms with Gasteiger partial charge in [0, 0.05) is 23.3 Å². The molecule has 2 aliphatic rings. The Labute approximate surface area is 181 Å². The zero-order valence-electron chi connectivity index (χ0n) is 17.8. The van der Waals surface area contributed by atoms with E-state index >= 15 is 0 Å². The van der Waals surface area contributed by atoms with Crippen molar-refractivity contribution in [2.45, 2.75) is 51.7 Å². The maximum atomic E-state index is 12.7. The Kier molecular flexibility index (Phi) is 5.17. The fraction of sp³-hybridized carbons (Fsp3) is 0.320. The van der Waals surface area contributed by atoms with Gasteiger partial charge < -0.3 is 24.8 Å². The van der Waals surface area contributed by atoms with Gasteiger partial charge in [-0.25, -0.2) is 0 Å². The Balaban J connectivity index is 1.67. The number of aromatic hydroxyl groups is 3. The molecular weight excluding hydrogens is 396 g/mol. The van der Waals surface area contributed by atoms with E-state index in [9.17, 15) is 20.1 Å². The average molecular weight is 422 g/mol. The summed E-state index contributed by atoms with van der Waals surface area (Å²) in [6.07, 6.45) is 7.00. The normalized spacial score (nSPS) is 21.5. The minimum atomic E-state index is -0.640. The number of carbonyl (C=O) groups excluding carboxylic acids is 1. The minimum absolute atomic E-state index is 0.0221. The number of ether oxygens (including phenoxy) is 2. The van der Waals surface area contributed by atoms with Gasteiger partial charge in [-0.15, -0.1) is 0 Å². The summed E-state index contributed by atoms with van der Waals surface area (Å²) in [4.78, 5) is 12.7. The number of benzene rings is 2. The second-order valence-electron chi connectivity index (χ2n) is 8.56. The molecule has 2 aliphatic heterocycles. The van der Waals surface area contributed by atoms with E-state index < -0.39 is 11.7 Å². The number of rotatable bonds is 4. The van der Waals surface area contributed by atoms with Crippen LogP contribution in [0, 0.1) is 0 Å². The van der Waals surface area contributed by atoms with E-state index in [-0.39, 0.29) is 40.8 Å². The molecule has 4 rings (SSSR count). The summed E-state index contributed by atoms with van der Waals surface area (Å²) in [5, 5.41) is 30.3. The van der Waals surface area contributed by atoms with Crippen molar-refractivity contribution in [2.24, 2.45) is 0 Å². The van der Waals surface area contributed by atoms with Crippen molar-refractivity contribution in [2.75, 3.05) is 0 Å². The molecule has 0 saturated carbocycles. The number of allylic oxidation sites excluding steroid dienone is 2. The summed E-state index contributed by atoms with van der Waals surface area (Å²) in [5.74, 6) is -0.255. The van der Waals surface area contributed by atoms with Crippen LogP contribution in [-0.2, 0) is 0 Å². The molecule has 6 nitrogen and oxygen atoms in total. The number of fused-ring (bicyclic) bond motifs is 2. The van der Waals surface area contributed by atoms with Crippen LogP contribution in [0.25, 0.3) is 6.08 Å². The van der Waals surface area contributed by atoms with Gasteiger partial charge in [-0.2, -0.15) is 0 Å². The highest BCUT2D eigenvalue weighted by molar-refractivity contribution is 6.02. The standard InChI is InChI=1S/C25H26O6/c1-14(2)5-4-9-25(3)10-8-17-16(6-7-18(27)24(17)31-25)21-13-20(29)23-19(28)11-15(26)12-22(23)30-21/h5-8,10-12,21,26-28H,4,9,13H2,1-3H3/t21-,25+/m0/s1. The van der Waals surface area contributed by atoms with E-state index in [1.165, 1.54) is 17.7 Å². The van der Waals surface area contributed by atoms with Crippen molar-refractivity contribution >= 4 is 11.9 Å². The molecule has 2 aromatic carbocycles. The van der Waals surface area contributed by atoms with Crippen molar-refractivity contribution < 1.29 is 29.6 Å². The molecule has 3 N–H and O–H groups in total. The van der Waals surface area contributed by atoms with Crippen molar-refractivity contribution in [3.05, 3.63) is 58.7 Å². The summed E-state index contributed by atoms with van der Waals surface area (Å²) < 4.78 is 12.2. The smallest absolute Gasteiger partial charge is 0.174 e. The van der Waals surface area contributed by atoms with E-state index in [0.717, 1.165) is 18.9 Å². The first-order chi connectivity index (χ1) is 14.7. The van der Waals surface area contributed by atoms with Gasteiger partial charge in [0.15, 0.2) is 17.3 Å². The molecule has 162 valence electrons. The van der Waals surface area contributed by atoms with Gasteiger partial charge in [0.1, 0.15) is 34.5 Å². The molecule has 0 bridgehead atoms. The predicted molar refractivity (Wildman–Crippen MR) is 117 cm³/mol. The zero-order chi connectivity index (χ0) is 22.3. The highest BCUT2D eigenvalue weighted by atomic mass is 16.5. The quantitative estimate of drug-likeness (QED) is 0.569. The third kappa shape index (κ3) is 3.98. The molecule has 0 aliphatic carbocycles. The van der Waals surface area contributed by atoms with Crippen molar-refractivity contribution in [3.63, 3.8) is 0 Å². The predicted octanol–water partition coefficient (Wildman–Crippen LogP) is 5.42. The first kappa shape index (κ1) is 20.8. The fourth-order valence-electron chi connectivity index (χ4n) is 4.07. The Bertz CT molecular complexity index is 1110. The lowest BCUT2D eigenvalue weighted by molar-refractivity contribution is 0.0841. The Morgan fingerprint density at radius 1 is 1.19 bits per heavy atom. The second kappa shape index (κ2) is 7.69. The highest BCUT2D eigenvalue weighted by Gasteiger charge is 2.35. The number of ketones is 1. The fourth-order valence-corrected chi connectivity index (χ4v) is 4.07. The molecule has 0 amide bonds. The summed E-state index contributed by atoms with van der Waals surface area (Å²) >= 11 is 0. The minimum Gasteiger partial charge on any atom is -0.508 e. The van der Waals surface area contributed by atoms with Crippen LogP contribution >= 0.6 is 0 Å². The number of phenols is 3. The highest BCUT2D eigenvalue weighted by Crippen LogP contribution is 2.47. The summed E-state index contributed by atoms with van der Waals surface area (Å²) in [6.45, 7) is 6.08. The van der Waals surface area contributed by atoms with Crippen LogP contribution in [0.15, 0.2) is 42.0 Å². The lowest BCUT2D eigenvalue weighted by Gasteiger charge is -2.34. The van der Waals surface area contributed by atoms with Crippen LogP contribution in [0.3, 0.4) is 0 Å². The number of hydrogen-bond acceptors (Lipinski definition) is 6. The lowest BCUT2D eigenvalue weighted by atomic mass is 9.89. The molecule has 0 unspecified atom stereocenters. The maximum Gasteiger partial charge on any atom is 0.174 e. The van der Waals surface area contributed by atoms with Crippen molar-refractivity contribution in [3.8, 4) is 28.7 Å². The van der Waals surface area contributed by atoms with Crippen LogP contribution in [0.5, 0.6) is 28.7 Å². The first-order valence-corrected chi connectivity index (χ1v) is 10.3. The molecule has 31 heavy (non-hydrogen) atoms. The van der Waals surface area contributed by atoms with E-state index in [4.69, 9.17) is 9.47 Å². The number of phenolic OH excluding ortho intramolecular Hbond substituents is 3. The van der Waals surface area contributed by atoms with Crippen molar-refractivity contribution in [1.29, 1.82) is 0 Å². The van der Waals surface area contributed by atoms with Crippen LogP contribution in [0.4, 0.5) is 0 Å². The average Bonchev–Trinajstić information content (AvgIpc) is 2.67. The van der Waals surface area contributed by atoms with Gasteiger partial charge in [0.2, 0.25) is 0 Å². The molecule has 0 fully saturated rings. The van der Waals surface area contributed by atoms with E-state index in [1.54, 1.807) is 6.07 Å². The Hall–Kier alpha value is -3.41. The largest absolute Gasteiger partial charge is 0.508 e. The topological polar surface area (TPSA) is 96.2 Å². The van der Waals surface area contributed by atoms with Crippen LogP contribution in [0.1, 0.15) is 67.6 Å². The summed E-state index contributed by atoms with van der Waals surface area (Å²) in [6, 6.07) is 5.68. The molecule has 0 radical (unpaired) electrons.